The summed E-state index contributed by atoms with van der Waals surface area (Å²) < 4.78 is 0. The SMILES string of the molecule is CCNC(=O)CN(CC)C(=O)CC(C)C1CCNCC1.Cl. The van der Waals surface area contributed by atoms with Crippen molar-refractivity contribution in [2.45, 2.75) is 40.0 Å². The summed E-state index contributed by atoms with van der Waals surface area (Å²) in [5, 5.41) is 6.09. The minimum absolute atomic E-state index is 0. The van der Waals surface area contributed by atoms with Crippen molar-refractivity contribution in [3.05, 3.63) is 0 Å². The van der Waals surface area contributed by atoms with Gasteiger partial charge in [0.15, 0.2) is 0 Å². The first kappa shape index (κ1) is 20.2. The molecule has 2 amide bonds. The predicted molar refractivity (Wildman–Crippen MR) is 87.6 cm³/mol. The van der Waals surface area contributed by atoms with E-state index in [1.165, 1.54) is 0 Å². The zero-order valence-corrected chi connectivity index (χ0v) is 14.3. The monoisotopic (exact) mass is 319 g/mol. The van der Waals surface area contributed by atoms with Crippen molar-refractivity contribution in [3.8, 4) is 0 Å². The number of piperidine rings is 1. The van der Waals surface area contributed by atoms with Crippen molar-refractivity contribution >= 4 is 24.2 Å². The molecule has 0 aromatic heterocycles. The third-order valence-electron chi connectivity index (χ3n) is 4.13. The van der Waals surface area contributed by atoms with Crippen LogP contribution < -0.4 is 10.6 Å². The Balaban J connectivity index is 0.00000400. The number of hydrogen-bond acceptors (Lipinski definition) is 3. The molecule has 1 heterocycles. The molecule has 0 aromatic carbocycles. The number of rotatable bonds is 7. The van der Waals surface area contributed by atoms with Gasteiger partial charge in [0.2, 0.25) is 11.8 Å². The minimum atomic E-state index is -0.0720. The van der Waals surface area contributed by atoms with Gasteiger partial charge in [-0.2, -0.15) is 0 Å². The Morgan fingerprint density at radius 1 is 1.29 bits per heavy atom. The Morgan fingerprint density at radius 3 is 2.43 bits per heavy atom. The van der Waals surface area contributed by atoms with Crippen molar-refractivity contribution in [1.82, 2.24) is 15.5 Å². The smallest absolute Gasteiger partial charge is 0.239 e. The third kappa shape index (κ3) is 7.14. The molecule has 1 unspecified atom stereocenters. The summed E-state index contributed by atoms with van der Waals surface area (Å²) in [5.41, 5.74) is 0. The highest BCUT2D eigenvalue weighted by atomic mass is 35.5. The average Bonchev–Trinajstić information content (AvgIpc) is 2.45. The summed E-state index contributed by atoms with van der Waals surface area (Å²) in [6.45, 7) is 9.46. The number of amides is 2. The molecule has 0 aliphatic carbocycles. The lowest BCUT2D eigenvalue weighted by molar-refractivity contribution is -0.136. The number of likely N-dealkylation sites (N-methyl/N-ethyl adjacent to an activating group) is 2. The molecule has 6 heteroatoms. The first-order chi connectivity index (χ1) is 9.58. The number of carbonyl (C=O) groups excluding carboxylic acids is 2. The summed E-state index contributed by atoms with van der Waals surface area (Å²) in [7, 11) is 0. The van der Waals surface area contributed by atoms with Crippen molar-refractivity contribution in [1.29, 1.82) is 0 Å². The molecule has 1 atom stereocenters. The second kappa shape index (κ2) is 10.9. The first-order valence-corrected chi connectivity index (χ1v) is 7.83. The fourth-order valence-electron chi connectivity index (χ4n) is 2.79. The molecule has 1 fully saturated rings. The van der Waals surface area contributed by atoms with E-state index in [1.54, 1.807) is 4.90 Å². The standard InChI is InChI=1S/C15H29N3O2.ClH/c1-4-17-14(19)11-18(5-2)15(20)10-12(3)13-6-8-16-9-7-13;/h12-13,16H,4-11H2,1-3H3,(H,17,19);1H. The molecule has 1 rings (SSSR count). The lowest BCUT2D eigenvalue weighted by Gasteiger charge is -2.29. The van der Waals surface area contributed by atoms with Gasteiger partial charge in [-0.15, -0.1) is 12.4 Å². The van der Waals surface area contributed by atoms with Crippen molar-refractivity contribution < 1.29 is 9.59 Å². The van der Waals surface area contributed by atoms with Gasteiger partial charge in [0.25, 0.3) is 0 Å². The molecular formula is C15H30ClN3O2. The van der Waals surface area contributed by atoms with Gasteiger partial charge in [-0.3, -0.25) is 9.59 Å². The Labute approximate surface area is 134 Å². The van der Waals surface area contributed by atoms with Gasteiger partial charge in [-0.1, -0.05) is 6.92 Å². The van der Waals surface area contributed by atoms with Gasteiger partial charge in [0, 0.05) is 19.5 Å². The highest BCUT2D eigenvalue weighted by molar-refractivity contribution is 5.85. The molecule has 0 radical (unpaired) electrons. The quantitative estimate of drug-likeness (QED) is 0.746. The van der Waals surface area contributed by atoms with E-state index in [9.17, 15) is 9.59 Å². The topological polar surface area (TPSA) is 61.4 Å². The van der Waals surface area contributed by atoms with Crippen LogP contribution in [-0.2, 0) is 9.59 Å². The van der Waals surface area contributed by atoms with Crippen LogP contribution in [0.3, 0.4) is 0 Å². The summed E-state index contributed by atoms with van der Waals surface area (Å²) in [6.07, 6.45) is 2.85. The highest BCUT2D eigenvalue weighted by Crippen LogP contribution is 2.24. The van der Waals surface area contributed by atoms with E-state index in [2.05, 4.69) is 17.6 Å². The fourth-order valence-corrected chi connectivity index (χ4v) is 2.79. The van der Waals surface area contributed by atoms with E-state index in [1.807, 2.05) is 13.8 Å². The summed E-state index contributed by atoms with van der Waals surface area (Å²) in [5.74, 6) is 1.05. The maximum absolute atomic E-state index is 12.3. The lowest BCUT2D eigenvalue weighted by atomic mass is 9.84. The molecule has 21 heavy (non-hydrogen) atoms. The molecule has 124 valence electrons. The number of carbonyl (C=O) groups is 2. The molecule has 2 N–H and O–H groups in total. The Kier molecular flexibility index (Phi) is 10.4. The molecular weight excluding hydrogens is 290 g/mol. The molecule has 0 bridgehead atoms. The van der Waals surface area contributed by atoms with Crippen LogP contribution in [0.25, 0.3) is 0 Å². The van der Waals surface area contributed by atoms with E-state index in [4.69, 9.17) is 0 Å². The van der Waals surface area contributed by atoms with Crippen molar-refractivity contribution in [2.75, 3.05) is 32.7 Å². The summed E-state index contributed by atoms with van der Waals surface area (Å²) >= 11 is 0. The van der Waals surface area contributed by atoms with Gasteiger partial charge >= 0.3 is 0 Å². The largest absolute Gasteiger partial charge is 0.355 e. The molecule has 0 aromatic rings. The normalized spacial score (nSPS) is 16.7. The van der Waals surface area contributed by atoms with Crippen LogP contribution in [0, 0.1) is 11.8 Å². The molecule has 1 saturated heterocycles. The summed E-state index contributed by atoms with van der Waals surface area (Å²) in [6, 6.07) is 0. The third-order valence-corrected chi connectivity index (χ3v) is 4.13. The maximum atomic E-state index is 12.3. The van der Waals surface area contributed by atoms with Crippen LogP contribution in [0.15, 0.2) is 0 Å². The predicted octanol–water partition coefficient (Wildman–Crippen LogP) is 1.42. The number of nitrogens with one attached hydrogen (secondary N) is 2. The van der Waals surface area contributed by atoms with Crippen LogP contribution in [-0.4, -0.2) is 49.4 Å². The van der Waals surface area contributed by atoms with Gasteiger partial charge < -0.3 is 15.5 Å². The molecule has 0 saturated carbocycles. The molecule has 0 spiro atoms. The number of halogens is 1. The average molecular weight is 320 g/mol. The molecule has 5 nitrogen and oxygen atoms in total. The number of nitrogens with zero attached hydrogens (tertiary/aromatic N) is 1. The van der Waals surface area contributed by atoms with Crippen LogP contribution >= 0.6 is 12.4 Å². The van der Waals surface area contributed by atoms with Crippen LogP contribution in [0.2, 0.25) is 0 Å². The minimum Gasteiger partial charge on any atom is -0.355 e. The molecule has 1 aliphatic heterocycles. The Hall–Kier alpha value is -0.810. The maximum Gasteiger partial charge on any atom is 0.239 e. The fraction of sp³-hybridized carbons (Fsp3) is 0.867. The number of hydrogen-bond donors (Lipinski definition) is 2. The van der Waals surface area contributed by atoms with Crippen molar-refractivity contribution in [2.24, 2.45) is 11.8 Å². The second-order valence-electron chi connectivity index (χ2n) is 5.63. The van der Waals surface area contributed by atoms with Gasteiger partial charge in [0.1, 0.15) is 0 Å². The zero-order valence-electron chi connectivity index (χ0n) is 13.5. The van der Waals surface area contributed by atoms with Gasteiger partial charge in [-0.25, -0.2) is 0 Å². The van der Waals surface area contributed by atoms with E-state index >= 15 is 0 Å². The zero-order chi connectivity index (χ0) is 15.0. The second-order valence-corrected chi connectivity index (χ2v) is 5.63. The van der Waals surface area contributed by atoms with E-state index in [-0.39, 0.29) is 30.8 Å². The van der Waals surface area contributed by atoms with Crippen molar-refractivity contribution in [3.63, 3.8) is 0 Å². The van der Waals surface area contributed by atoms with Gasteiger partial charge in [-0.05, 0) is 51.6 Å². The Bertz CT molecular complexity index is 320. The summed E-state index contributed by atoms with van der Waals surface area (Å²) in [4.78, 5) is 25.5. The Morgan fingerprint density at radius 2 is 1.90 bits per heavy atom. The lowest BCUT2D eigenvalue weighted by Crippen LogP contribution is -2.41. The highest BCUT2D eigenvalue weighted by Gasteiger charge is 2.24. The first-order valence-electron chi connectivity index (χ1n) is 7.83. The van der Waals surface area contributed by atoms with Crippen LogP contribution in [0.4, 0.5) is 0 Å². The molecule has 1 aliphatic rings. The van der Waals surface area contributed by atoms with Gasteiger partial charge in [0.05, 0.1) is 6.54 Å². The van der Waals surface area contributed by atoms with E-state index in [0.29, 0.717) is 31.3 Å². The van der Waals surface area contributed by atoms with E-state index in [0.717, 1.165) is 25.9 Å². The van der Waals surface area contributed by atoms with E-state index < -0.39 is 0 Å². The van der Waals surface area contributed by atoms with Crippen LogP contribution in [0.1, 0.15) is 40.0 Å². The van der Waals surface area contributed by atoms with Crippen LogP contribution in [0.5, 0.6) is 0 Å².